The summed E-state index contributed by atoms with van der Waals surface area (Å²) in [5.41, 5.74) is 4.42. The van der Waals surface area contributed by atoms with E-state index in [-0.39, 0.29) is 5.82 Å². The van der Waals surface area contributed by atoms with Gasteiger partial charge in [-0.3, -0.25) is 4.90 Å². The Bertz CT molecular complexity index is 1200. The van der Waals surface area contributed by atoms with E-state index in [0.29, 0.717) is 0 Å². The van der Waals surface area contributed by atoms with Crippen LogP contribution in [0.5, 0.6) is 0 Å². The predicted molar refractivity (Wildman–Crippen MR) is 129 cm³/mol. The van der Waals surface area contributed by atoms with Crippen molar-refractivity contribution in [3.05, 3.63) is 72.5 Å². The first kappa shape index (κ1) is 21.6. The summed E-state index contributed by atoms with van der Waals surface area (Å²) in [6, 6.07) is 20.7. The second-order valence-corrected chi connectivity index (χ2v) is 8.20. The van der Waals surface area contributed by atoms with Crippen molar-refractivity contribution in [3.63, 3.8) is 0 Å². The van der Waals surface area contributed by atoms with Gasteiger partial charge in [-0.05, 0) is 31.2 Å². The van der Waals surface area contributed by atoms with Gasteiger partial charge in [0, 0.05) is 62.6 Å². The molecular formula is C26H28FN5O. The largest absolute Gasteiger partial charge is 0.380 e. The van der Waals surface area contributed by atoms with Gasteiger partial charge in [0.1, 0.15) is 11.6 Å². The third kappa shape index (κ3) is 4.74. The Morgan fingerprint density at radius 2 is 1.61 bits per heavy atom. The summed E-state index contributed by atoms with van der Waals surface area (Å²) in [7, 11) is 0. The van der Waals surface area contributed by atoms with Crippen molar-refractivity contribution in [2.75, 3.05) is 50.8 Å². The van der Waals surface area contributed by atoms with Crippen LogP contribution in [0.4, 0.5) is 10.2 Å². The van der Waals surface area contributed by atoms with Gasteiger partial charge in [0.05, 0.1) is 18.0 Å². The van der Waals surface area contributed by atoms with E-state index < -0.39 is 0 Å². The number of nitrogens with zero attached hydrogens (tertiary/aromatic N) is 5. The molecule has 7 heteroatoms. The van der Waals surface area contributed by atoms with Gasteiger partial charge in [0.25, 0.3) is 0 Å². The molecule has 170 valence electrons. The number of benzene rings is 2. The van der Waals surface area contributed by atoms with Crippen LogP contribution >= 0.6 is 0 Å². The lowest BCUT2D eigenvalue weighted by molar-refractivity contribution is 0.111. The molecule has 1 aliphatic rings. The summed E-state index contributed by atoms with van der Waals surface area (Å²) in [4.78, 5) is 9.72. The monoisotopic (exact) mass is 445 g/mol. The lowest BCUT2D eigenvalue weighted by Crippen LogP contribution is -2.48. The maximum Gasteiger partial charge on any atom is 0.158 e. The van der Waals surface area contributed by atoms with Crippen molar-refractivity contribution >= 4 is 11.5 Å². The van der Waals surface area contributed by atoms with E-state index >= 15 is 0 Å². The molecule has 1 aliphatic heterocycles. The molecule has 0 bridgehead atoms. The predicted octanol–water partition coefficient (Wildman–Crippen LogP) is 4.36. The molecule has 3 heterocycles. The lowest BCUT2D eigenvalue weighted by atomic mass is 10.1. The van der Waals surface area contributed by atoms with E-state index in [2.05, 4.69) is 28.0 Å². The van der Waals surface area contributed by atoms with Gasteiger partial charge < -0.3 is 9.64 Å². The zero-order chi connectivity index (χ0) is 22.6. The molecule has 0 unspecified atom stereocenters. The number of aromatic nitrogens is 3. The highest BCUT2D eigenvalue weighted by atomic mass is 19.1. The van der Waals surface area contributed by atoms with E-state index in [4.69, 9.17) is 14.8 Å². The molecule has 2 aromatic carbocycles. The molecule has 1 fully saturated rings. The summed E-state index contributed by atoms with van der Waals surface area (Å²) in [6.45, 7) is 8.28. The summed E-state index contributed by atoms with van der Waals surface area (Å²) < 4.78 is 20.9. The van der Waals surface area contributed by atoms with Gasteiger partial charge >= 0.3 is 0 Å². The number of hydrogen-bond donors (Lipinski definition) is 0. The Kier molecular flexibility index (Phi) is 6.32. The Morgan fingerprint density at radius 1 is 0.879 bits per heavy atom. The van der Waals surface area contributed by atoms with Crippen molar-refractivity contribution in [3.8, 4) is 22.5 Å². The molecule has 0 saturated carbocycles. The smallest absolute Gasteiger partial charge is 0.158 e. The van der Waals surface area contributed by atoms with Crippen LogP contribution in [0, 0.1) is 5.82 Å². The Morgan fingerprint density at radius 3 is 2.33 bits per heavy atom. The van der Waals surface area contributed by atoms with Gasteiger partial charge in [0.2, 0.25) is 0 Å². The van der Waals surface area contributed by atoms with Crippen molar-refractivity contribution in [2.24, 2.45) is 0 Å². The first-order valence-electron chi connectivity index (χ1n) is 11.5. The molecule has 0 atom stereocenters. The zero-order valence-corrected chi connectivity index (χ0v) is 18.8. The average Bonchev–Trinajstić information content (AvgIpc) is 3.29. The minimum atomic E-state index is -0.255. The molecule has 2 aromatic heterocycles. The highest BCUT2D eigenvalue weighted by Crippen LogP contribution is 2.28. The maximum atomic E-state index is 13.4. The number of ether oxygens (including phenoxy) is 1. The number of rotatable bonds is 7. The van der Waals surface area contributed by atoms with E-state index in [1.165, 1.54) is 12.1 Å². The first-order valence-corrected chi connectivity index (χ1v) is 11.5. The number of halogens is 1. The molecule has 6 nitrogen and oxygen atoms in total. The molecule has 0 amide bonds. The standard InChI is InChI=1S/C26H28FN5O/c1-2-33-17-16-30-12-14-31(15-13-30)26-19-23(20-6-4-3-5-7-20)28-25-18-24(29-32(25)26)21-8-10-22(27)11-9-21/h3-11,18-19H,2,12-17H2,1H3. The molecule has 0 spiro atoms. The normalized spacial score (nSPS) is 14.8. The minimum Gasteiger partial charge on any atom is -0.380 e. The van der Waals surface area contributed by atoms with Gasteiger partial charge in [0.15, 0.2) is 5.65 Å². The zero-order valence-electron chi connectivity index (χ0n) is 18.8. The summed E-state index contributed by atoms with van der Waals surface area (Å²) in [5.74, 6) is 0.770. The SMILES string of the molecule is CCOCCN1CCN(c2cc(-c3ccccc3)nc3cc(-c4ccc(F)cc4)nn23)CC1. The van der Waals surface area contributed by atoms with Crippen LogP contribution in [-0.2, 0) is 4.74 Å². The van der Waals surface area contributed by atoms with Crippen molar-refractivity contribution in [2.45, 2.75) is 6.92 Å². The van der Waals surface area contributed by atoms with Gasteiger partial charge in [-0.2, -0.15) is 9.61 Å². The third-order valence-electron chi connectivity index (χ3n) is 6.07. The maximum absolute atomic E-state index is 13.4. The van der Waals surface area contributed by atoms with E-state index in [0.717, 1.165) is 79.9 Å². The molecule has 4 aromatic rings. The highest BCUT2D eigenvalue weighted by molar-refractivity contribution is 5.71. The fourth-order valence-electron chi connectivity index (χ4n) is 4.24. The quantitative estimate of drug-likeness (QED) is 0.396. The summed E-state index contributed by atoms with van der Waals surface area (Å²) >= 11 is 0. The second-order valence-electron chi connectivity index (χ2n) is 8.20. The number of anilines is 1. The van der Waals surface area contributed by atoms with Gasteiger partial charge in [-0.25, -0.2) is 9.37 Å². The van der Waals surface area contributed by atoms with Crippen molar-refractivity contribution in [1.82, 2.24) is 19.5 Å². The molecule has 0 radical (unpaired) electrons. The van der Waals surface area contributed by atoms with Crippen LogP contribution in [0.3, 0.4) is 0 Å². The Labute approximate surface area is 193 Å². The Balaban J connectivity index is 1.50. The van der Waals surface area contributed by atoms with Crippen LogP contribution in [0.1, 0.15) is 6.92 Å². The Hall–Kier alpha value is -3.29. The molecular weight excluding hydrogens is 417 g/mol. The van der Waals surface area contributed by atoms with E-state index in [1.807, 2.05) is 35.7 Å². The fraction of sp³-hybridized carbons (Fsp3) is 0.308. The van der Waals surface area contributed by atoms with E-state index in [9.17, 15) is 4.39 Å². The van der Waals surface area contributed by atoms with Gasteiger partial charge in [-0.15, -0.1) is 0 Å². The second kappa shape index (κ2) is 9.68. The molecule has 33 heavy (non-hydrogen) atoms. The fourth-order valence-corrected chi connectivity index (χ4v) is 4.24. The number of hydrogen-bond acceptors (Lipinski definition) is 5. The first-order chi connectivity index (χ1) is 16.2. The van der Waals surface area contributed by atoms with Crippen LogP contribution < -0.4 is 4.90 Å². The molecule has 5 rings (SSSR count). The topological polar surface area (TPSA) is 45.9 Å². The number of piperazine rings is 1. The molecule has 0 N–H and O–H groups in total. The molecule has 0 aliphatic carbocycles. The highest BCUT2D eigenvalue weighted by Gasteiger charge is 2.21. The van der Waals surface area contributed by atoms with Crippen LogP contribution in [0.2, 0.25) is 0 Å². The number of fused-ring (bicyclic) bond motifs is 1. The minimum absolute atomic E-state index is 0.255. The lowest BCUT2D eigenvalue weighted by Gasteiger charge is -2.36. The van der Waals surface area contributed by atoms with E-state index in [1.54, 1.807) is 12.1 Å². The van der Waals surface area contributed by atoms with Crippen LogP contribution in [0.25, 0.3) is 28.2 Å². The van der Waals surface area contributed by atoms with Crippen molar-refractivity contribution < 1.29 is 9.13 Å². The third-order valence-corrected chi connectivity index (χ3v) is 6.07. The molecule has 1 saturated heterocycles. The average molecular weight is 446 g/mol. The van der Waals surface area contributed by atoms with Crippen molar-refractivity contribution in [1.29, 1.82) is 0 Å². The van der Waals surface area contributed by atoms with Gasteiger partial charge in [-0.1, -0.05) is 30.3 Å². The summed E-state index contributed by atoms with van der Waals surface area (Å²) in [5, 5.41) is 4.86. The summed E-state index contributed by atoms with van der Waals surface area (Å²) in [6.07, 6.45) is 0. The van der Waals surface area contributed by atoms with Crippen LogP contribution in [-0.4, -0.2) is 65.4 Å². The van der Waals surface area contributed by atoms with Crippen LogP contribution in [0.15, 0.2) is 66.7 Å².